The first kappa shape index (κ1) is 16.1. The molecule has 7 heteroatoms. The van der Waals surface area contributed by atoms with Crippen molar-refractivity contribution in [3.05, 3.63) is 33.2 Å². The van der Waals surface area contributed by atoms with Gasteiger partial charge in [-0.05, 0) is 40.2 Å². The number of hydrogen-bond acceptors (Lipinski definition) is 4. The van der Waals surface area contributed by atoms with Gasteiger partial charge in [0.05, 0.1) is 26.8 Å². The number of ether oxygens (including phenoxy) is 3. The highest BCUT2D eigenvalue weighted by Gasteiger charge is 2.16. The van der Waals surface area contributed by atoms with Crippen molar-refractivity contribution in [2.24, 2.45) is 0 Å². The Morgan fingerprint density at radius 2 is 1.57 bits per heavy atom. The number of nitrogens with zero attached hydrogens (tertiary/aromatic N) is 1. The normalized spacial score (nSPS) is 10.8. The molecular weight excluding hydrogens is 428 g/mol. The molecule has 0 atom stereocenters. The molecule has 0 bridgehead atoms. The van der Waals surface area contributed by atoms with Gasteiger partial charge < -0.3 is 19.2 Å². The van der Waals surface area contributed by atoms with E-state index in [1.54, 1.807) is 21.3 Å². The number of aromatic amines is 1. The molecule has 3 rings (SSSR count). The monoisotopic (exact) mass is 440 g/mol. The zero-order chi connectivity index (χ0) is 16.6. The molecule has 1 N–H and O–H groups in total. The van der Waals surface area contributed by atoms with Crippen LogP contribution < -0.4 is 14.2 Å². The van der Waals surface area contributed by atoms with Gasteiger partial charge in [-0.3, -0.25) is 0 Å². The van der Waals surface area contributed by atoms with E-state index in [2.05, 4.69) is 41.8 Å². The van der Waals surface area contributed by atoms with Gasteiger partial charge in [-0.25, -0.2) is 4.98 Å². The molecule has 23 heavy (non-hydrogen) atoms. The summed E-state index contributed by atoms with van der Waals surface area (Å²) in [5.41, 5.74) is 2.63. The molecule has 0 aliphatic heterocycles. The average molecular weight is 442 g/mol. The third kappa shape index (κ3) is 2.90. The third-order valence-electron chi connectivity index (χ3n) is 3.44. The van der Waals surface area contributed by atoms with E-state index in [1.807, 2.05) is 24.3 Å². The number of imidazole rings is 1. The summed E-state index contributed by atoms with van der Waals surface area (Å²) in [6.07, 6.45) is 0. The van der Waals surface area contributed by atoms with Gasteiger partial charge in [0.1, 0.15) is 11.3 Å². The highest BCUT2D eigenvalue weighted by Crippen LogP contribution is 2.41. The summed E-state index contributed by atoms with van der Waals surface area (Å²) in [6.45, 7) is 0. The van der Waals surface area contributed by atoms with E-state index >= 15 is 0 Å². The number of H-pyrrole nitrogens is 1. The van der Waals surface area contributed by atoms with E-state index in [-0.39, 0.29) is 0 Å². The van der Waals surface area contributed by atoms with E-state index < -0.39 is 0 Å². The van der Waals surface area contributed by atoms with Crippen LogP contribution in [0.4, 0.5) is 0 Å². The van der Waals surface area contributed by atoms with Crippen LogP contribution in [-0.4, -0.2) is 31.3 Å². The number of halogens is 2. The maximum atomic E-state index is 5.39. The minimum Gasteiger partial charge on any atom is -0.493 e. The van der Waals surface area contributed by atoms with Crippen molar-refractivity contribution in [3.63, 3.8) is 0 Å². The van der Waals surface area contributed by atoms with E-state index in [9.17, 15) is 0 Å². The molecule has 5 nitrogen and oxygen atoms in total. The van der Waals surface area contributed by atoms with Crippen molar-refractivity contribution in [1.82, 2.24) is 9.97 Å². The van der Waals surface area contributed by atoms with Crippen LogP contribution in [0.3, 0.4) is 0 Å². The number of fused-ring (bicyclic) bond motifs is 1. The molecule has 0 aliphatic rings. The van der Waals surface area contributed by atoms with Crippen molar-refractivity contribution in [2.45, 2.75) is 0 Å². The predicted molar refractivity (Wildman–Crippen MR) is 96.6 cm³/mol. The summed E-state index contributed by atoms with van der Waals surface area (Å²) in [4.78, 5) is 7.97. The first-order valence-electron chi connectivity index (χ1n) is 6.72. The summed E-state index contributed by atoms with van der Waals surface area (Å²) in [5, 5.41) is 0. The summed E-state index contributed by atoms with van der Waals surface area (Å²) in [7, 11) is 4.76. The fourth-order valence-corrected chi connectivity index (χ4v) is 3.71. The number of nitrogens with one attached hydrogen (secondary N) is 1. The lowest BCUT2D eigenvalue weighted by Crippen LogP contribution is -1.96. The highest BCUT2D eigenvalue weighted by atomic mass is 79.9. The molecule has 0 saturated carbocycles. The van der Waals surface area contributed by atoms with Crippen LogP contribution in [0.2, 0.25) is 0 Å². The van der Waals surface area contributed by atoms with Crippen LogP contribution in [0.1, 0.15) is 0 Å². The van der Waals surface area contributed by atoms with Crippen molar-refractivity contribution in [3.8, 4) is 28.6 Å². The summed E-state index contributed by atoms with van der Waals surface area (Å²) >= 11 is 7.01. The Labute approximate surface area is 150 Å². The molecule has 0 amide bonds. The highest BCUT2D eigenvalue weighted by molar-refractivity contribution is 9.11. The molecule has 0 radical (unpaired) electrons. The Hall–Kier alpha value is -1.73. The minimum absolute atomic E-state index is 0.554. The molecule has 0 aliphatic carbocycles. The molecule has 120 valence electrons. The van der Waals surface area contributed by atoms with Crippen molar-refractivity contribution < 1.29 is 14.2 Å². The number of hydrogen-bond donors (Lipinski definition) is 1. The first-order chi connectivity index (χ1) is 11.1. The Kier molecular flexibility index (Phi) is 4.50. The second-order valence-electron chi connectivity index (χ2n) is 4.78. The second kappa shape index (κ2) is 6.41. The van der Waals surface area contributed by atoms with Gasteiger partial charge >= 0.3 is 0 Å². The first-order valence-corrected chi connectivity index (χ1v) is 8.31. The number of aromatic nitrogens is 2. The molecule has 2 aromatic carbocycles. The van der Waals surface area contributed by atoms with Crippen molar-refractivity contribution >= 4 is 42.9 Å². The van der Waals surface area contributed by atoms with Crippen molar-refractivity contribution in [2.75, 3.05) is 21.3 Å². The lowest BCUT2D eigenvalue weighted by Gasteiger charge is -2.13. The zero-order valence-corrected chi connectivity index (χ0v) is 15.9. The maximum absolute atomic E-state index is 5.39. The van der Waals surface area contributed by atoms with Gasteiger partial charge in [0.15, 0.2) is 11.5 Å². The second-order valence-corrected chi connectivity index (χ2v) is 6.55. The van der Waals surface area contributed by atoms with Crippen LogP contribution in [0.15, 0.2) is 33.2 Å². The third-order valence-corrected chi connectivity index (χ3v) is 4.51. The van der Waals surface area contributed by atoms with Crippen molar-refractivity contribution in [1.29, 1.82) is 0 Å². The van der Waals surface area contributed by atoms with E-state index in [0.29, 0.717) is 17.2 Å². The summed E-state index contributed by atoms with van der Waals surface area (Å²) in [6, 6.07) is 7.67. The van der Waals surface area contributed by atoms with E-state index in [4.69, 9.17) is 14.2 Å². The smallest absolute Gasteiger partial charge is 0.203 e. The Bertz CT molecular complexity index is 852. The summed E-state index contributed by atoms with van der Waals surface area (Å²) in [5.74, 6) is 2.45. The van der Waals surface area contributed by atoms with Gasteiger partial charge in [-0.15, -0.1) is 0 Å². The number of benzene rings is 2. The SMILES string of the molecule is COc1cc(-c2nc3c(Br)cc(Br)cc3[nH]2)cc(OC)c1OC. The number of methoxy groups -OCH3 is 3. The quantitative estimate of drug-likeness (QED) is 0.632. The molecule has 0 spiro atoms. The van der Waals surface area contributed by atoms with E-state index in [1.165, 1.54) is 0 Å². The van der Waals surface area contributed by atoms with Crippen LogP contribution in [0.25, 0.3) is 22.4 Å². The van der Waals surface area contributed by atoms with Gasteiger partial charge in [0.2, 0.25) is 5.75 Å². The fourth-order valence-electron chi connectivity index (χ4n) is 2.40. The Morgan fingerprint density at radius 3 is 2.13 bits per heavy atom. The maximum Gasteiger partial charge on any atom is 0.203 e. The predicted octanol–water partition coefficient (Wildman–Crippen LogP) is 4.78. The largest absolute Gasteiger partial charge is 0.493 e. The van der Waals surface area contributed by atoms with Gasteiger partial charge in [0, 0.05) is 14.5 Å². The van der Waals surface area contributed by atoms with Crippen LogP contribution in [0, 0.1) is 0 Å². The molecular formula is C16H14Br2N2O3. The van der Waals surface area contributed by atoms with Gasteiger partial charge in [-0.2, -0.15) is 0 Å². The fraction of sp³-hybridized carbons (Fsp3) is 0.188. The lowest BCUT2D eigenvalue weighted by molar-refractivity contribution is 0.324. The molecule has 0 saturated heterocycles. The minimum atomic E-state index is 0.554. The molecule has 1 aromatic heterocycles. The Morgan fingerprint density at radius 1 is 0.913 bits per heavy atom. The number of rotatable bonds is 4. The van der Waals surface area contributed by atoms with Crippen LogP contribution >= 0.6 is 31.9 Å². The summed E-state index contributed by atoms with van der Waals surface area (Å²) < 4.78 is 18.0. The molecule has 0 unspecified atom stereocenters. The molecule has 3 aromatic rings. The molecule has 1 heterocycles. The van der Waals surface area contributed by atoms with Crippen LogP contribution in [0.5, 0.6) is 17.2 Å². The lowest BCUT2D eigenvalue weighted by atomic mass is 10.1. The molecule has 0 fully saturated rings. The van der Waals surface area contributed by atoms with Gasteiger partial charge in [0.25, 0.3) is 0 Å². The standard InChI is InChI=1S/C16H14Br2N2O3/c1-21-12-4-8(5-13(22-2)15(12)23-3)16-19-11-7-9(17)6-10(18)14(11)20-16/h4-7H,1-3H3,(H,19,20). The zero-order valence-electron chi connectivity index (χ0n) is 12.7. The van der Waals surface area contributed by atoms with Gasteiger partial charge in [-0.1, -0.05) is 15.9 Å². The average Bonchev–Trinajstić information content (AvgIpc) is 2.97. The Balaban J connectivity index is 2.20. The van der Waals surface area contributed by atoms with E-state index in [0.717, 1.165) is 31.4 Å². The van der Waals surface area contributed by atoms with Crippen LogP contribution in [-0.2, 0) is 0 Å². The topological polar surface area (TPSA) is 56.4 Å².